The van der Waals surface area contributed by atoms with Crippen LogP contribution in [0.4, 0.5) is 5.69 Å². The Hall–Kier alpha value is -1.88. The molecule has 3 nitrogen and oxygen atoms in total. The normalized spacial score (nSPS) is 10.6. The molecular formula is C17H12Cl2N2OS. The highest BCUT2D eigenvalue weighted by Gasteiger charge is 2.16. The third-order valence-electron chi connectivity index (χ3n) is 3.20. The zero-order valence-corrected chi connectivity index (χ0v) is 14.5. The van der Waals surface area contributed by atoms with Crippen molar-refractivity contribution in [2.24, 2.45) is 0 Å². The molecular weight excluding hydrogens is 351 g/mol. The van der Waals surface area contributed by atoms with E-state index in [9.17, 15) is 4.79 Å². The molecule has 2 aromatic carbocycles. The number of amides is 1. The minimum Gasteiger partial charge on any atom is -0.321 e. The van der Waals surface area contributed by atoms with Crippen molar-refractivity contribution in [3.63, 3.8) is 0 Å². The van der Waals surface area contributed by atoms with E-state index in [0.29, 0.717) is 26.3 Å². The number of carbonyl (C=O) groups excluding carboxylic acids is 1. The number of rotatable bonds is 3. The fraction of sp³-hybridized carbons (Fsp3) is 0.0588. The molecule has 0 aliphatic rings. The first-order valence-corrected chi connectivity index (χ1v) is 8.41. The second-order valence-electron chi connectivity index (χ2n) is 4.88. The number of aromatic nitrogens is 1. The maximum Gasteiger partial charge on any atom is 0.267 e. The molecule has 0 bridgehead atoms. The summed E-state index contributed by atoms with van der Waals surface area (Å²) in [5.74, 6) is -0.208. The molecule has 0 unspecified atom stereocenters. The first-order valence-electron chi connectivity index (χ1n) is 6.84. The Balaban J connectivity index is 1.85. The Kier molecular flexibility index (Phi) is 4.66. The summed E-state index contributed by atoms with van der Waals surface area (Å²) in [5, 5.41) is 4.49. The lowest BCUT2D eigenvalue weighted by Crippen LogP contribution is -2.11. The molecule has 0 spiro atoms. The van der Waals surface area contributed by atoms with Crippen LogP contribution in [0.3, 0.4) is 0 Å². The van der Waals surface area contributed by atoms with Gasteiger partial charge >= 0.3 is 0 Å². The first kappa shape index (κ1) is 16.0. The predicted molar refractivity (Wildman–Crippen MR) is 96.7 cm³/mol. The topological polar surface area (TPSA) is 42.0 Å². The van der Waals surface area contributed by atoms with E-state index in [1.165, 1.54) is 11.3 Å². The van der Waals surface area contributed by atoms with Crippen LogP contribution in [0.15, 0.2) is 48.5 Å². The van der Waals surface area contributed by atoms with Crippen LogP contribution in [0.5, 0.6) is 0 Å². The van der Waals surface area contributed by atoms with Crippen molar-refractivity contribution in [2.75, 3.05) is 5.32 Å². The third-order valence-corrected chi connectivity index (χ3v) is 5.15. The first-order chi connectivity index (χ1) is 11.0. The van der Waals surface area contributed by atoms with Gasteiger partial charge < -0.3 is 5.32 Å². The van der Waals surface area contributed by atoms with Gasteiger partial charge in [0, 0.05) is 11.3 Å². The maximum absolute atomic E-state index is 12.5. The number of thiazole rings is 1. The van der Waals surface area contributed by atoms with Crippen molar-refractivity contribution >= 4 is 46.1 Å². The molecule has 116 valence electrons. The van der Waals surface area contributed by atoms with Crippen LogP contribution in [0.2, 0.25) is 10.0 Å². The highest BCUT2D eigenvalue weighted by atomic mass is 35.5. The Morgan fingerprint density at radius 2 is 1.83 bits per heavy atom. The van der Waals surface area contributed by atoms with Crippen LogP contribution in [0.1, 0.15) is 15.4 Å². The zero-order chi connectivity index (χ0) is 16.4. The number of anilines is 1. The van der Waals surface area contributed by atoms with Gasteiger partial charge in [0.2, 0.25) is 0 Å². The summed E-state index contributed by atoms with van der Waals surface area (Å²) >= 11 is 13.2. The van der Waals surface area contributed by atoms with Crippen molar-refractivity contribution in [1.29, 1.82) is 0 Å². The molecule has 3 rings (SSSR count). The summed E-state index contributed by atoms with van der Waals surface area (Å²) in [4.78, 5) is 17.5. The number of benzene rings is 2. The molecule has 0 aliphatic carbocycles. The van der Waals surface area contributed by atoms with Gasteiger partial charge in [-0.2, -0.15) is 0 Å². The van der Waals surface area contributed by atoms with Gasteiger partial charge in [-0.3, -0.25) is 4.79 Å². The zero-order valence-electron chi connectivity index (χ0n) is 12.1. The van der Waals surface area contributed by atoms with Crippen LogP contribution < -0.4 is 5.32 Å². The van der Waals surface area contributed by atoms with Crippen molar-refractivity contribution < 1.29 is 4.79 Å². The number of carbonyl (C=O) groups is 1. The van der Waals surface area contributed by atoms with Gasteiger partial charge in [-0.25, -0.2) is 4.98 Å². The van der Waals surface area contributed by atoms with Gasteiger partial charge in [-0.1, -0.05) is 53.5 Å². The Bertz CT molecular complexity index is 862. The van der Waals surface area contributed by atoms with Crippen LogP contribution in [0.25, 0.3) is 10.6 Å². The van der Waals surface area contributed by atoms with Gasteiger partial charge in [-0.05, 0) is 25.1 Å². The van der Waals surface area contributed by atoms with Crippen molar-refractivity contribution in [2.45, 2.75) is 6.92 Å². The van der Waals surface area contributed by atoms with Crippen molar-refractivity contribution in [3.8, 4) is 10.6 Å². The molecule has 0 saturated carbocycles. The lowest BCUT2D eigenvalue weighted by atomic mass is 10.2. The smallest absolute Gasteiger partial charge is 0.267 e. The lowest BCUT2D eigenvalue weighted by molar-refractivity contribution is 0.103. The molecule has 1 N–H and O–H groups in total. The molecule has 0 radical (unpaired) electrons. The lowest BCUT2D eigenvalue weighted by Gasteiger charge is -2.05. The monoisotopic (exact) mass is 362 g/mol. The maximum atomic E-state index is 12.5. The van der Waals surface area contributed by atoms with E-state index in [-0.39, 0.29) is 5.91 Å². The molecule has 6 heteroatoms. The van der Waals surface area contributed by atoms with Crippen LogP contribution in [0, 0.1) is 6.92 Å². The summed E-state index contributed by atoms with van der Waals surface area (Å²) in [6.45, 7) is 1.83. The summed E-state index contributed by atoms with van der Waals surface area (Å²) in [6, 6.07) is 14.8. The molecule has 23 heavy (non-hydrogen) atoms. The number of nitrogens with zero attached hydrogens (tertiary/aromatic N) is 1. The second-order valence-corrected chi connectivity index (χ2v) is 6.70. The fourth-order valence-electron chi connectivity index (χ4n) is 2.07. The average molecular weight is 363 g/mol. The van der Waals surface area contributed by atoms with Gasteiger partial charge in [0.05, 0.1) is 15.7 Å². The summed E-state index contributed by atoms with van der Waals surface area (Å²) in [6.07, 6.45) is 0. The van der Waals surface area contributed by atoms with Gasteiger partial charge in [0.25, 0.3) is 5.91 Å². The third kappa shape index (κ3) is 3.55. The minimum absolute atomic E-state index is 0.208. The number of halogens is 2. The Morgan fingerprint density at radius 3 is 2.52 bits per heavy atom. The van der Waals surface area contributed by atoms with E-state index in [1.807, 2.05) is 37.3 Å². The van der Waals surface area contributed by atoms with E-state index in [4.69, 9.17) is 23.2 Å². The summed E-state index contributed by atoms with van der Waals surface area (Å²) < 4.78 is 0. The number of hydrogen-bond donors (Lipinski definition) is 1. The van der Waals surface area contributed by atoms with Gasteiger partial charge in [-0.15, -0.1) is 11.3 Å². The second kappa shape index (κ2) is 6.71. The van der Waals surface area contributed by atoms with E-state index in [0.717, 1.165) is 10.6 Å². The molecule has 0 fully saturated rings. The van der Waals surface area contributed by atoms with Crippen LogP contribution in [-0.2, 0) is 0 Å². The fourth-order valence-corrected chi connectivity index (χ4v) is 3.34. The van der Waals surface area contributed by atoms with E-state index in [2.05, 4.69) is 10.3 Å². The average Bonchev–Trinajstić information content (AvgIpc) is 2.94. The number of nitrogens with one attached hydrogen (secondary N) is 1. The van der Waals surface area contributed by atoms with Gasteiger partial charge in [0.1, 0.15) is 9.88 Å². The molecule has 1 aromatic heterocycles. The van der Waals surface area contributed by atoms with E-state index >= 15 is 0 Å². The van der Waals surface area contributed by atoms with Gasteiger partial charge in [0.15, 0.2) is 0 Å². The van der Waals surface area contributed by atoms with Crippen LogP contribution in [-0.4, -0.2) is 10.9 Å². The van der Waals surface area contributed by atoms with E-state index in [1.54, 1.807) is 18.2 Å². The molecule has 3 aromatic rings. The number of aryl methyl sites for hydroxylation is 1. The highest BCUT2D eigenvalue weighted by Crippen LogP contribution is 2.29. The van der Waals surface area contributed by atoms with Crippen molar-refractivity contribution in [3.05, 3.63) is 69.1 Å². The van der Waals surface area contributed by atoms with E-state index < -0.39 is 0 Å². The summed E-state index contributed by atoms with van der Waals surface area (Å²) in [5.41, 5.74) is 2.29. The number of hydrogen-bond acceptors (Lipinski definition) is 3. The standard InChI is InChI=1S/C17H12Cl2N2OS/c1-10-15(23-17(20-10)11-5-3-2-4-6-11)16(22)21-12-7-8-13(18)14(19)9-12/h2-9H,1H3,(H,21,22). The predicted octanol–water partition coefficient (Wildman–Crippen LogP) is 5.68. The molecule has 1 heterocycles. The largest absolute Gasteiger partial charge is 0.321 e. The molecule has 0 atom stereocenters. The quantitative estimate of drug-likeness (QED) is 0.651. The molecule has 0 aliphatic heterocycles. The molecule has 1 amide bonds. The Labute approximate surface area is 147 Å². The highest BCUT2D eigenvalue weighted by molar-refractivity contribution is 7.17. The Morgan fingerprint density at radius 1 is 1.09 bits per heavy atom. The molecule has 0 saturated heterocycles. The summed E-state index contributed by atoms with van der Waals surface area (Å²) in [7, 11) is 0. The van der Waals surface area contributed by atoms with Crippen molar-refractivity contribution in [1.82, 2.24) is 4.98 Å². The SMILES string of the molecule is Cc1nc(-c2ccccc2)sc1C(=O)Nc1ccc(Cl)c(Cl)c1. The minimum atomic E-state index is -0.208. The van der Waals surface area contributed by atoms with Crippen LogP contribution >= 0.6 is 34.5 Å².